The van der Waals surface area contributed by atoms with E-state index in [1.165, 1.54) is 26.2 Å². The molecule has 0 saturated carbocycles. The average molecular weight is 363 g/mol. The minimum atomic E-state index is -3.82. The van der Waals surface area contributed by atoms with E-state index in [1.54, 1.807) is 31.3 Å². The van der Waals surface area contributed by atoms with Gasteiger partial charge in [-0.05, 0) is 49.7 Å². The number of carbonyl (C=O) groups is 1. The molecule has 2 rings (SSSR count). The van der Waals surface area contributed by atoms with Gasteiger partial charge in [-0.15, -0.1) is 0 Å². The molecule has 0 radical (unpaired) electrons. The molecule has 8 heteroatoms. The lowest BCUT2D eigenvalue weighted by Gasteiger charge is -2.15. The lowest BCUT2D eigenvalue weighted by Crippen LogP contribution is -2.44. The summed E-state index contributed by atoms with van der Waals surface area (Å²) in [7, 11) is -2.30. The fourth-order valence-electron chi connectivity index (χ4n) is 2.21. The summed E-state index contributed by atoms with van der Waals surface area (Å²) in [4.78, 5) is 16.3. The Hall–Kier alpha value is -2.45. The van der Waals surface area contributed by atoms with Crippen molar-refractivity contribution in [2.75, 3.05) is 7.11 Å². The third kappa shape index (κ3) is 5.01. The van der Waals surface area contributed by atoms with Gasteiger partial charge in [0.2, 0.25) is 15.9 Å². The maximum atomic E-state index is 12.4. The van der Waals surface area contributed by atoms with Crippen LogP contribution in [0.2, 0.25) is 0 Å². The normalized spacial score (nSPS) is 12.4. The lowest BCUT2D eigenvalue weighted by atomic mass is 10.2. The van der Waals surface area contributed by atoms with Gasteiger partial charge in [0, 0.05) is 6.20 Å². The number of pyridine rings is 1. The molecule has 25 heavy (non-hydrogen) atoms. The van der Waals surface area contributed by atoms with Gasteiger partial charge in [-0.25, -0.2) is 8.42 Å². The van der Waals surface area contributed by atoms with Gasteiger partial charge in [-0.3, -0.25) is 9.78 Å². The lowest BCUT2D eigenvalue weighted by molar-refractivity contribution is -0.122. The molecule has 1 atom stereocenters. The number of hydrogen-bond acceptors (Lipinski definition) is 5. The molecule has 1 aromatic carbocycles. The number of hydrogen-bond donors (Lipinski definition) is 2. The number of sulfonamides is 1. The zero-order chi connectivity index (χ0) is 18.4. The molecular weight excluding hydrogens is 342 g/mol. The molecule has 0 saturated heterocycles. The smallest absolute Gasteiger partial charge is 0.241 e. The fourth-order valence-corrected chi connectivity index (χ4v) is 3.49. The number of amides is 1. The second-order valence-corrected chi connectivity index (χ2v) is 7.23. The highest BCUT2D eigenvalue weighted by molar-refractivity contribution is 7.89. The number of benzene rings is 1. The summed E-state index contributed by atoms with van der Waals surface area (Å²) >= 11 is 0. The van der Waals surface area contributed by atoms with Crippen molar-refractivity contribution in [1.82, 2.24) is 15.0 Å². The van der Waals surface area contributed by atoms with Crippen molar-refractivity contribution in [3.8, 4) is 5.75 Å². The van der Waals surface area contributed by atoms with E-state index in [-0.39, 0.29) is 11.4 Å². The maximum absolute atomic E-state index is 12.4. The zero-order valence-corrected chi connectivity index (χ0v) is 15.1. The molecular formula is C17H21N3O4S. The van der Waals surface area contributed by atoms with Gasteiger partial charge >= 0.3 is 0 Å². The predicted octanol–water partition coefficient (Wildman–Crippen LogP) is 1.38. The zero-order valence-electron chi connectivity index (χ0n) is 14.3. The van der Waals surface area contributed by atoms with E-state index in [2.05, 4.69) is 15.0 Å². The Morgan fingerprint density at radius 3 is 2.64 bits per heavy atom. The summed E-state index contributed by atoms with van der Waals surface area (Å²) < 4.78 is 32.4. The third-order valence-electron chi connectivity index (χ3n) is 3.57. The molecule has 0 bridgehead atoms. The van der Waals surface area contributed by atoms with E-state index in [9.17, 15) is 13.2 Å². The minimum absolute atomic E-state index is 0.0789. The number of nitrogens with one attached hydrogen (secondary N) is 2. The minimum Gasteiger partial charge on any atom is -0.496 e. The second kappa shape index (κ2) is 8.09. The first kappa shape index (κ1) is 18.9. The van der Waals surface area contributed by atoms with Crippen molar-refractivity contribution in [3.63, 3.8) is 0 Å². The Balaban J connectivity index is 2.01. The second-order valence-electron chi connectivity index (χ2n) is 5.51. The highest BCUT2D eigenvalue weighted by Gasteiger charge is 2.22. The van der Waals surface area contributed by atoms with Crippen LogP contribution in [0.1, 0.15) is 18.2 Å². The number of nitrogens with zero attached hydrogens (tertiary/aromatic N) is 1. The van der Waals surface area contributed by atoms with E-state index in [1.807, 2.05) is 6.07 Å². The van der Waals surface area contributed by atoms with Crippen molar-refractivity contribution < 1.29 is 17.9 Å². The van der Waals surface area contributed by atoms with Gasteiger partial charge in [0.25, 0.3) is 0 Å². The summed E-state index contributed by atoms with van der Waals surface area (Å²) in [5, 5.41) is 2.65. The molecule has 134 valence electrons. The molecule has 7 nitrogen and oxygen atoms in total. The number of carbonyl (C=O) groups excluding carboxylic acids is 1. The van der Waals surface area contributed by atoms with E-state index < -0.39 is 22.0 Å². The number of aryl methyl sites for hydroxylation is 1. The van der Waals surface area contributed by atoms with Crippen LogP contribution in [0.3, 0.4) is 0 Å². The van der Waals surface area contributed by atoms with Crippen molar-refractivity contribution in [1.29, 1.82) is 0 Å². The molecule has 2 N–H and O–H groups in total. The SMILES string of the molecule is COc1ccc(S(=O)(=O)N[C@@H](C)C(=O)NCc2ccccn2)cc1C. The Kier molecular flexibility index (Phi) is 6.11. The van der Waals surface area contributed by atoms with Crippen molar-refractivity contribution >= 4 is 15.9 Å². The fraction of sp³-hybridized carbons (Fsp3) is 0.294. The number of aromatic nitrogens is 1. The summed E-state index contributed by atoms with van der Waals surface area (Å²) in [6, 6.07) is 8.96. The average Bonchev–Trinajstić information content (AvgIpc) is 2.60. The Morgan fingerprint density at radius 1 is 1.28 bits per heavy atom. The van der Waals surface area contributed by atoms with Gasteiger partial charge in [0.15, 0.2) is 0 Å². The number of rotatable bonds is 7. The molecule has 2 aromatic rings. The summed E-state index contributed by atoms with van der Waals surface area (Å²) in [6.45, 7) is 3.47. The maximum Gasteiger partial charge on any atom is 0.241 e. The van der Waals surface area contributed by atoms with Crippen molar-refractivity contribution in [2.45, 2.75) is 31.3 Å². The highest BCUT2D eigenvalue weighted by atomic mass is 32.2. The Morgan fingerprint density at radius 2 is 2.04 bits per heavy atom. The number of methoxy groups -OCH3 is 1. The van der Waals surface area contributed by atoms with Gasteiger partial charge < -0.3 is 10.1 Å². The third-order valence-corrected chi connectivity index (χ3v) is 5.11. The molecule has 0 unspecified atom stereocenters. The standard InChI is InChI=1S/C17H21N3O4S/c1-12-10-15(7-8-16(12)24-3)25(22,23)20-13(2)17(21)19-11-14-6-4-5-9-18-14/h4-10,13,20H,11H2,1-3H3,(H,19,21)/t13-/m0/s1. The van der Waals surface area contributed by atoms with Crippen LogP contribution < -0.4 is 14.8 Å². The topological polar surface area (TPSA) is 97.4 Å². The summed E-state index contributed by atoms with van der Waals surface area (Å²) in [5.74, 6) is 0.166. The van der Waals surface area contributed by atoms with Crippen LogP contribution >= 0.6 is 0 Å². The van der Waals surface area contributed by atoms with Gasteiger partial charge in [0.1, 0.15) is 5.75 Å². The van der Waals surface area contributed by atoms with Crippen molar-refractivity contribution in [2.24, 2.45) is 0 Å². The molecule has 0 aliphatic heterocycles. The van der Waals surface area contributed by atoms with Crippen LogP contribution in [0.25, 0.3) is 0 Å². The molecule has 0 fully saturated rings. The van der Waals surface area contributed by atoms with Crippen LogP contribution in [0.5, 0.6) is 5.75 Å². The van der Waals surface area contributed by atoms with E-state index in [4.69, 9.17) is 4.74 Å². The molecule has 0 spiro atoms. The molecule has 1 aromatic heterocycles. The molecule has 1 heterocycles. The molecule has 1 amide bonds. The Bertz CT molecular complexity index is 838. The van der Waals surface area contributed by atoms with Gasteiger partial charge in [-0.1, -0.05) is 6.07 Å². The Labute approximate surface area is 147 Å². The molecule has 0 aliphatic rings. The predicted molar refractivity (Wildman–Crippen MR) is 93.6 cm³/mol. The first-order valence-electron chi connectivity index (χ1n) is 7.68. The number of ether oxygens (including phenoxy) is 1. The van der Waals surface area contributed by atoms with Gasteiger partial charge in [0.05, 0.1) is 30.3 Å². The monoisotopic (exact) mass is 363 g/mol. The largest absolute Gasteiger partial charge is 0.496 e. The summed E-state index contributed by atoms with van der Waals surface area (Å²) in [6.07, 6.45) is 1.62. The quantitative estimate of drug-likeness (QED) is 0.775. The van der Waals surface area contributed by atoms with E-state index in [0.29, 0.717) is 17.0 Å². The van der Waals surface area contributed by atoms with Crippen LogP contribution in [-0.2, 0) is 21.4 Å². The van der Waals surface area contributed by atoms with Crippen LogP contribution in [0, 0.1) is 6.92 Å². The molecule has 0 aliphatic carbocycles. The first-order valence-corrected chi connectivity index (χ1v) is 9.16. The van der Waals surface area contributed by atoms with Gasteiger partial charge in [-0.2, -0.15) is 4.72 Å². The summed E-state index contributed by atoms with van der Waals surface area (Å²) in [5.41, 5.74) is 1.38. The highest BCUT2D eigenvalue weighted by Crippen LogP contribution is 2.21. The van der Waals surface area contributed by atoms with E-state index in [0.717, 1.165) is 0 Å². The van der Waals surface area contributed by atoms with Crippen LogP contribution in [0.15, 0.2) is 47.5 Å². The van der Waals surface area contributed by atoms with Crippen LogP contribution in [0.4, 0.5) is 0 Å². The van der Waals surface area contributed by atoms with Crippen LogP contribution in [-0.4, -0.2) is 32.5 Å². The van der Waals surface area contributed by atoms with E-state index >= 15 is 0 Å². The first-order chi connectivity index (χ1) is 11.8. The van der Waals surface area contributed by atoms with Crippen molar-refractivity contribution in [3.05, 3.63) is 53.9 Å².